The van der Waals surface area contributed by atoms with Crippen LogP contribution in [0.5, 0.6) is 0 Å². The first kappa shape index (κ1) is 39.5. The standard InChI is InChI=1S/C30H17BF16NO3/c1-29(48(2,3)51-31(49)50,8-9-10(32)4-14(36)22(41)21(9)40)30(18-11(33)5-15(37)23(42)26(18)45,19-12(34)6-16(38)24(43)27(19)46)20-13(35)7-17(39)25(44)28(20)47/h4-7,49-50H,8H2,1-3H3/q+1. The van der Waals surface area contributed by atoms with Crippen LogP contribution in [-0.2, 0) is 16.6 Å². The van der Waals surface area contributed by atoms with Crippen LogP contribution < -0.4 is 0 Å². The lowest BCUT2D eigenvalue weighted by atomic mass is 9.55. The van der Waals surface area contributed by atoms with Gasteiger partial charge in [-0.25, -0.2) is 70.2 Å². The van der Waals surface area contributed by atoms with Crippen LogP contribution in [0.1, 0.15) is 29.2 Å². The van der Waals surface area contributed by atoms with Gasteiger partial charge in [-0.2, -0.15) is 9.40 Å². The van der Waals surface area contributed by atoms with Gasteiger partial charge in [0, 0.05) is 52.9 Å². The Morgan fingerprint density at radius 2 is 0.784 bits per heavy atom. The molecule has 1 atom stereocenters. The zero-order chi connectivity index (χ0) is 38.9. The van der Waals surface area contributed by atoms with E-state index < -0.39 is 169 Å². The topological polar surface area (TPSA) is 49.7 Å². The number of benzene rings is 4. The molecule has 274 valence electrons. The second kappa shape index (κ2) is 13.3. The van der Waals surface area contributed by atoms with Gasteiger partial charge < -0.3 is 10.0 Å². The SMILES string of the molecule is CC(Cc1c(F)cc(F)c(F)c1F)(C(c1c(F)cc(F)c(F)c1F)(c1c(F)cc(F)c(F)c1F)c1c(F)cc(F)c(F)c1F)[N+](C)(C)OB(O)O. The van der Waals surface area contributed by atoms with Crippen molar-refractivity contribution in [1.29, 1.82) is 0 Å². The molecule has 4 nitrogen and oxygen atoms in total. The van der Waals surface area contributed by atoms with Crippen molar-refractivity contribution in [3.63, 3.8) is 0 Å². The average Bonchev–Trinajstić information content (AvgIpc) is 3.01. The molecule has 0 bridgehead atoms. The lowest BCUT2D eigenvalue weighted by Gasteiger charge is -2.55. The van der Waals surface area contributed by atoms with Crippen molar-refractivity contribution in [2.24, 2.45) is 0 Å². The highest BCUT2D eigenvalue weighted by Crippen LogP contribution is 2.58. The maximum absolute atomic E-state index is 16.2. The zero-order valence-electron chi connectivity index (χ0n) is 25.4. The van der Waals surface area contributed by atoms with Crippen LogP contribution in [0.4, 0.5) is 70.2 Å². The summed E-state index contributed by atoms with van der Waals surface area (Å²) < 4.78 is 247. The van der Waals surface area contributed by atoms with Crippen LogP contribution in [0.25, 0.3) is 0 Å². The molecule has 4 aromatic rings. The average molecular weight is 754 g/mol. The number of nitrogens with zero attached hydrogens (tertiary/aromatic N) is 1. The van der Waals surface area contributed by atoms with Crippen molar-refractivity contribution >= 4 is 7.32 Å². The molecule has 0 spiro atoms. The van der Waals surface area contributed by atoms with Crippen LogP contribution in [-0.4, -0.2) is 41.6 Å². The highest BCUT2D eigenvalue weighted by Gasteiger charge is 2.69. The van der Waals surface area contributed by atoms with E-state index in [1.807, 2.05) is 0 Å². The fourth-order valence-electron chi connectivity index (χ4n) is 6.10. The Morgan fingerprint density at radius 3 is 1.10 bits per heavy atom. The fraction of sp³-hybridized carbons (Fsp3) is 0.200. The number of rotatable bonds is 9. The number of quaternary nitrogens is 1. The highest BCUT2D eigenvalue weighted by molar-refractivity contribution is 6.32. The quantitative estimate of drug-likeness (QED) is 0.0361. The molecule has 21 heteroatoms. The normalized spacial score (nSPS) is 13.5. The first-order valence-corrected chi connectivity index (χ1v) is 13.6. The molecule has 0 fully saturated rings. The van der Waals surface area contributed by atoms with E-state index in [9.17, 15) is 32.0 Å². The first-order chi connectivity index (χ1) is 23.4. The van der Waals surface area contributed by atoms with E-state index in [1.165, 1.54) is 0 Å². The van der Waals surface area contributed by atoms with Crippen molar-refractivity contribution in [2.45, 2.75) is 24.3 Å². The smallest absolute Gasteiger partial charge is 0.399 e. The van der Waals surface area contributed by atoms with E-state index in [0.29, 0.717) is 14.1 Å². The van der Waals surface area contributed by atoms with E-state index in [4.69, 9.17) is 4.76 Å². The largest absolute Gasteiger partial charge is 0.685 e. The van der Waals surface area contributed by atoms with Crippen molar-refractivity contribution in [3.8, 4) is 0 Å². The highest BCUT2D eigenvalue weighted by atomic mass is 19.2. The van der Waals surface area contributed by atoms with Crippen LogP contribution in [0.3, 0.4) is 0 Å². The minimum Gasteiger partial charge on any atom is -0.399 e. The second-order valence-corrected chi connectivity index (χ2v) is 11.5. The van der Waals surface area contributed by atoms with Crippen molar-refractivity contribution < 1.29 is 89.7 Å². The Bertz CT molecular complexity index is 1930. The predicted octanol–water partition coefficient (Wildman–Crippen LogP) is 7.23. The minimum absolute atomic E-state index is 0.149. The summed E-state index contributed by atoms with van der Waals surface area (Å²) in [5.74, 6) is -43.2. The maximum atomic E-state index is 16.2. The summed E-state index contributed by atoms with van der Waals surface area (Å²) in [7, 11) is -2.54. The van der Waals surface area contributed by atoms with E-state index in [1.54, 1.807) is 0 Å². The number of hydrogen-bond acceptors (Lipinski definition) is 3. The molecule has 0 saturated heterocycles. The molecule has 0 radical (unpaired) electrons. The number of hydrogen-bond donors (Lipinski definition) is 2. The summed E-state index contributed by atoms with van der Waals surface area (Å²) >= 11 is 0. The first-order valence-electron chi connectivity index (χ1n) is 13.6. The Morgan fingerprint density at radius 1 is 0.490 bits per heavy atom. The number of halogens is 16. The van der Waals surface area contributed by atoms with Gasteiger partial charge in [0.1, 0.15) is 34.2 Å². The van der Waals surface area contributed by atoms with Gasteiger partial charge in [0.25, 0.3) is 0 Å². The van der Waals surface area contributed by atoms with Crippen LogP contribution in [0, 0.1) is 93.1 Å². The van der Waals surface area contributed by atoms with Gasteiger partial charge in [0.05, 0.1) is 14.1 Å². The third-order valence-electron chi connectivity index (χ3n) is 8.55. The molecule has 51 heavy (non-hydrogen) atoms. The second-order valence-electron chi connectivity index (χ2n) is 11.5. The molecule has 0 aliphatic rings. The molecule has 0 aliphatic carbocycles. The van der Waals surface area contributed by atoms with Gasteiger partial charge in [-0.3, -0.25) is 0 Å². The van der Waals surface area contributed by atoms with Crippen LogP contribution in [0.2, 0.25) is 0 Å². The Kier molecular flexibility index (Phi) is 10.3. The zero-order valence-corrected chi connectivity index (χ0v) is 25.4. The lowest BCUT2D eigenvalue weighted by Crippen LogP contribution is -2.72. The van der Waals surface area contributed by atoms with Crippen LogP contribution >= 0.6 is 0 Å². The van der Waals surface area contributed by atoms with Gasteiger partial charge >= 0.3 is 7.32 Å². The van der Waals surface area contributed by atoms with Gasteiger partial charge in [-0.1, -0.05) is 0 Å². The molecule has 2 N–H and O–H groups in total. The molecular weight excluding hydrogens is 737 g/mol. The summed E-state index contributed by atoms with van der Waals surface area (Å²) in [5, 5.41) is 19.5. The monoisotopic (exact) mass is 754 g/mol. The summed E-state index contributed by atoms with van der Waals surface area (Å²) in [4.78, 5) is 0. The predicted molar refractivity (Wildman–Crippen MR) is 140 cm³/mol. The summed E-state index contributed by atoms with van der Waals surface area (Å²) in [5.41, 5.74) is -18.7. The lowest BCUT2D eigenvalue weighted by molar-refractivity contribution is -1.10. The van der Waals surface area contributed by atoms with E-state index >= 15 is 48.3 Å². The molecule has 4 rings (SSSR count). The Labute approximate surface area is 275 Å². The molecule has 4 aromatic carbocycles. The summed E-state index contributed by atoms with van der Waals surface area (Å²) in [6.07, 6.45) is -2.20. The molecule has 0 amide bonds. The van der Waals surface area contributed by atoms with E-state index in [-0.39, 0.29) is 6.92 Å². The molecule has 0 saturated carbocycles. The van der Waals surface area contributed by atoms with E-state index in [0.717, 1.165) is 0 Å². The van der Waals surface area contributed by atoms with Crippen molar-refractivity contribution in [3.05, 3.63) is 140 Å². The minimum atomic E-state index is -4.87. The summed E-state index contributed by atoms with van der Waals surface area (Å²) in [6, 6.07) is -2.42. The maximum Gasteiger partial charge on any atom is 0.685 e. The van der Waals surface area contributed by atoms with Gasteiger partial charge in [0.2, 0.25) is 0 Å². The Hall–Kier alpha value is -4.34. The Balaban J connectivity index is 2.58. The third-order valence-corrected chi connectivity index (χ3v) is 8.55. The number of likely N-dealkylation sites (N-methyl/N-ethyl adjacent to an activating group) is 1. The van der Waals surface area contributed by atoms with E-state index in [2.05, 4.69) is 0 Å². The van der Waals surface area contributed by atoms with Crippen molar-refractivity contribution in [1.82, 2.24) is 0 Å². The van der Waals surface area contributed by atoms with Gasteiger partial charge in [-0.05, 0) is 6.92 Å². The molecule has 1 unspecified atom stereocenters. The van der Waals surface area contributed by atoms with Gasteiger partial charge in [-0.15, -0.1) is 0 Å². The molecule has 0 aromatic heterocycles. The van der Waals surface area contributed by atoms with Crippen LogP contribution in [0.15, 0.2) is 24.3 Å². The molecular formula is C30H17BF16NO3+. The van der Waals surface area contributed by atoms with Crippen molar-refractivity contribution in [2.75, 3.05) is 14.1 Å². The van der Waals surface area contributed by atoms with Gasteiger partial charge in [0.15, 0.2) is 69.8 Å². The fourth-order valence-corrected chi connectivity index (χ4v) is 6.10. The third kappa shape index (κ3) is 5.88. The molecule has 0 heterocycles. The summed E-state index contributed by atoms with van der Waals surface area (Å²) in [6.45, 7) is 0.149. The number of hydroxylamine groups is 3. The molecule has 0 aliphatic heterocycles.